The largest absolute Gasteiger partial charge is 0.368 e. The van der Waals surface area contributed by atoms with E-state index in [9.17, 15) is 0 Å². The summed E-state index contributed by atoms with van der Waals surface area (Å²) in [5.41, 5.74) is 1.99. The zero-order chi connectivity index (χ0) is 13.4. The Morgan fingerprint density at radius 2 is 1.89 bits per heavy atom. The second-order valence-electron chi connectivity index (χ2n) is 4.43. The molecule has 6 heteroatoms. The van der Waals surface area contributed by atoms with Crippen molar-refractivity contribution in [2.75, 3.05) is 23.3 Å². The van der Waals surface area contributed by atoms with Crippen LogP contribution in [0.2, 0.25) is 15.2 Å². The summed E-state index contributed by atoms with van der Waals surface area (Å²) in [6.45, 7) is 2.40. The average molecular weight is 317 g/mol. The fourth-order valence-corrected chi connectivity index (χ4v) is 2.99. The Labute approximate surface area is 126 Å². The summed E-state index contributed by atoms with van der Waals surface area (Å²) in [4.78, 5) is 5.30. The molecule has 0 saturated heterocycles. The molecule has 0 unspecified atom stereocenters. The maximum absolute atomic E-state index is 6.22. The Balaban J connectivity index is 1.92. The highest BCUT2D eigenvalue weighted by atomic mass is 35.5. The van der Waals surface area contributed by atoms with E-state index in [1.807, 2.05) is 24.3 Å². The maximum Gasteiger partial charge on any atom is 0.128 e. The smallest absolute Gasteiger partial charge is 0.128 e. The van der Waals surface area contributed by atoms with Crippen LogP contribution in [0.3, 0.4) is 0 Å². The Bertz CT molecular complexity index is 589. The van der Waals surface area contributed by atoms with Crippen molar-refractivity contribution in [3.63, 3.8) is 0 Å². The number of aromatic amines is 1. The Morgan fingerprint density at radius 3 is 2.63 bits per heavy atom. The van der Waals surface area contributed by atoms with Crippen LogP contribution in [0.15, 0.2) is 24.3 Å². The fourth-order valence-electron chi connectivity index (χ4n) is 2.27. The van der Waals surface area contributed by atoms with Crippen LogP contribution in [0.5, 0.6) is 0 Å². The van der Waals surface area contributed by atoms with E-state index < -0.39 is 0 Å². The minimum atomic E-state index is 0.620. The Hall–Kier alpha value is -1.03. The number of aromatic nitrogens is 1. The molecule has 0 aliphatic carbocycles. The number of hydrogen-bond acceptors (Lipinski definition) is 2. The first-order valence-electron chi connectivity index (χ1n) is 5.95. The topological polar surface area (TPSA) is 31.1 Å². The zero-order valence-corrected chi connectivity index (χ0v) is 12.3. The number of halogens is 3. The molecule has 0 atom stereocenters. The molecular weight excluding hydrogens is 305 g/mol. The fraction of sp³-hybridized carbons (Fsp3) is 0.231. The van der Waals surface area contributed by atoms with Crippen LogP contribution in [0, 0.1) is 0 Å². The van der Waals surface area contributed by atoms with Gasteiger partial charge in [0.25, 0.3) is 0 Å². The lowest BCUT2D eigenvalue weighted by Gasteiger charge is -2.30. The molecule has 3 rings (SSSR count). The van der Waals surface area contributed by atoms with Crippen molar-refractivity contribution in [2.45, 2.75) is 6.54 Å². The molecule has 1 aromatic heterocycles. The summed E-state index contributed by atoms with van der Waals surface area (Å²) in [6.07, 6.45) is 0. The van der Waals surface area contributed by atoms with Crippen LogP contribution in [0.1, 0.15) is 5.56 Å². The lowest BCUT2D eigenvalue weighted by atomic mass is 10.2. The molecule has 2 N–H and O–H groups in total. The molecule has 2 heterocycles. The van der Waals surface area contributed by atoms with E-state index in [1.165, 1.54) is 0 Å². The Kier molecular flexibility index (Phi) is 3.52. The van der Waals surface area contributed by atoms with Crippen LogP contribution < -0.4 is 10.2 Å². The molecule has 0 saturated carbocycles. The van der Waals surface area contributed by atoms with E-state index >= 15 is 0 Å². The van der Waals surface area contributed by atoms with E-state index in [-0.39, 0.29) is 0 Å². The third-order valence-electron chi connectivity index (χ3n) is 3.20. The number of fused-ring (bicyclic) bond motifs is 1. The van der Waals surface area contributed by atoms with Crippen molar-refractivity contribution in [1.82, 2.24) is 4.98 Å². The number of rotatable bonds is 2. The molecule has 19 heavy (non-hydrogen) atoms. The van der Waals surface area contributed by atoms with Crippen LogP contribution in [0.4, 0.5) is 11.5 Å². The first-order valence-corrected chi connectivity index (χ1v) is 7.09. The summed E-state index contributed by atoms with van der Waals surface area (Å²) in [5.74, 6) is 0.944. The van der Waals surface area contributed by atoms with E-state index in [0.29, 0.717) is 21.7 Å². The molecule has 0 amide bonds. The van der Waals surface area contributed by atoms with Gasteiger partial charge in [-0.05, 0) is 12.1 Å². The van der Waals surface area contributed by atoms with Gasteiger partial charge < -0.3 is 15.2 Å². The van der Waals surface area contributed by atoms with Crippen molar-refractivity contribution in [2.24, 2.45) is 0 Å². The average Bonchev–Trinajstić information content (AvgIpc) is 2.75. The predicted molar refractivity (Wildman–Crippen MR) is 81.8 cm³/mol. The third-order valence-corrected chi connectivity index (χ3v) is 4.11. The van der Waals surface area contributed by atoms with Gasteiger partial charge in [0.05, 0.1) is 5.69 Å². The molecule has 100 valence electrons. The van der Waals surface area contributed by atoms with Gasteiger partial charge in [-0.3, -0.25) is 0 Å². The van der Waals surface area contributed by atoms with Gasteiger partial charge in [-0.25, -0.2) is 0 Å². The van der Waals surface area contributed by atoms with Crippen LogP contribution in [0.25, 0.3) is 0 Å². The summed E-state index contributed by atoms with van der Waals surface area (Å²) < 4.78 is 0. The molecule has 0 fully saturated rings. The van der Waals surface area contributed by atoms with Gasteiger partial charge in [0.2, 0.25) is 0 Å². The first kappa shape index (κ1) is 13.0. The minimum absolute atomic E-state index is 0.620. The zero-order valence-electron chi connectivity index (χ0n) is 10.0. The van der Waals surface area contributed by atoms with E-state index in [0.717, 1.165) is 30.2 Å². The predicted octanol–water partition coefficient (Wildman–Crippen LogP) is 4.41. The quantitative estimate of drug-likeness (QED) is 0.860. The van der Waals surface area contributed by atoms with E-state index in [4.69, 9.17) is 34.8 Å². The molecule has 1 aliphatic rings. The highest BCUT2D eigenvalue weighted by Gasteiger charge is 2.20. The number of anilines is 2. The summed E-state index contributed by atoms with van der Waals surface area (Å²) in [5, 5.41) is 5.28. The maximum atomic E-state index is 6.22. The monoisotopic (exact) mass is 315 g/mol. The highest BCUT2D eigenvalue weighted by Crippen LogP contribution is 2.34. The Morgan fingerprint density at radius 1 is 1.16 bits per heavy atom. The van der Waals surface area contributed by atoms with Gasteiger partial charge >= 0.3 is 0 Å². The molecule has 2 aromatic rings. The van der Waals surface area contributed by atoms with Crippen molar-refractivity contribution in [1.29, 1.82) is 0 Å². The van der Waals surface area contributed by atoms with E-state index in [1.54, 1.807) is 0 Å². The van der Waals surface area contributed by atoms with Crippen molar-refractivity contribution in [3.8, 4) is 0 Å². The number of benzene rings is 1. The molecule has 3 nitrogen and oxygen atoms in total. The molecule has 1 aliphatic heterocycles. The molecule has 0 radical (unpaired) electrons. The second kappa shape index (κ2) is 5.16. The lowest BCUT2D eigenvalue weighted by molar-refractivity contribution is 0.786. The molecule has 1 aromatic carbocycles. The van der Waals surface area contributed by atoms with Crippen molar-refractivity contribution in [3.05, 3.63) is 45.0 Å². The molecular formula is C13H12Cl3N3. The van der Waals surface area contributed by atoms with Crippen LogP contribution >= 0.6 is 34.8 Å². The van der Waals surface area contributed by atoms with Gasteiger partial charge in [0.15, 0.2) is 0 Å². The number of nitrogens with zero attached hydrogens (tertiary/aromatic N) is 1. The van der Waals surface area contributed by atoms with Gasteiger partial charge in [-0.1, -0.05) is 40.9 Å². The molecule has 0 spiro atoms. The summed E-state index contributed by atoms with van der Waals surface area (Å²) in [7, 11) is 0. The standard InChI is InChI=1S/C13H12Cl3N3/c14-9-2-1-3-10(15)8(9)7-19-5-4-17-13-11(19)6-12(16)18-13/h1-3,6,17-18H,4-5,7H2. The van der Waals surface area contributed by atoms with E-state index in [2.05, 4.69) is 15.2 Å². The second-order valence-corrected chi connectivity index (χ2v) is 5.65. The number of hydrogen-bond donors (Lipinski definition) is 2. The number of nitrogens with one attached hydrogen (secondary N) is 2. The van der Waals surface area contributed by atoms with Gasteiger partial charge in [0.1, 0.15) is 11.0 Å². The van der Waals surface area contributed by atoms with Gasteiger partial charge in [-0.2, -0.15) is 0 Å². The first-order chi connectivity index (χ1) is 9.15. The van der Waals surface area contributed by atoms with Crippen LogP contribution in [-0.2, 0) is 6.54 Å². The summed E-state index contributed by atoms with van der Waals surface area (Å²) in [6, 6.07) is 7.48. The third kappa shape index (κ3) is 2.50. The minimum Gasteiger partial charge on any atom is -0.368 e. The van der Waals surface area contributed by atoms with Gasteiger partial charge in [-0.15, -0.1) is 0 Å². The number of H-pyrrole nitrogens is 1. The highest BCUT2D eigenvalue weighted by molar-refractivity contribution is 6.36. The molecule has 0 bridgehead atoms. The van der Waals surface area contributed by atoms with Crippen LogP contribution in [-0.4, -0.2) is 18.1 Å². The normalized spacial score (nSPS) is 14.2. The lowest BCUT2D eigenvalue weighted by Crippen LogP contribution is -2.33. The van der Waals surface area contributed by atoms with Crippen molar-refractivity contribution >= 4 is 46.3 Å². The summed E-state index contributed by atoms with van der Waals surface area (Å²) >= 11 is 18.4. The van der Waals surface area contributed by atoms with Gasteiger partial charge in [0, 0.05) is 41.3 Å². The SMILES string of the molecule is Clc1cc2c([nH]1)NCCN2Cc1c(Cl)cccc1Cl. The van der Waals surface area contributed by atoms with Crippen molar-refractivity contribution < 1.29 is 0 Å².